The molecule has 0 amide bonds. The average Bonchev–Trinajstić information content (AvgIpc) is 2.79. The lowest BCUT2D eigenvalue weighted by Gasteiger charge is -2.15. The van der Waals surface area contributed by atoms with E-state index in [0.29, 0.717) is 42.2 Å². The van der Waals surface area contributed by atoms with Gasteiger partial charge >= 0.3 is 0 Å². The fraction of sp³-hybridized carbons (Fsp3) is 0.217. The summed E-state index contributed by atoms with van der Waals surface area (Å²) in [6, 6.07) is 15.1. The minimum Gasteiger partial charge on any atom is -0.493 e. The molecule has 170 valence electrons. The largest absolute Gasteiger partial charge is 0.493 e. The summed E-state index contributed by atoms with van der Waals surface area (Å²) in [4.78, 5) is 8.45. The number of nitrogens with zero attached hydrogens (tertiary/aromatic N) is 2. The quantitative estimate of drug-likeness (QED) is 0.227. The summed E-state index contributed by atoms with van der Waals surface area (Å²) in [6.45, 7) is 2.98. The van der Waals surface area contributed by atoms with Gasteiger partial charge in [-0.3, -0.25) is 4.99 Å². The van der Waals surface area contributed by atoms with E-state index < -0.39 is 0 Å². The number of methoxy groups -OCH3 is 1. The maximum Gasteiger partial charge on any atom is 0.219 e. The molecule has 0 saturated heterocycles. The molecule has 0 radical (unpaired) electrons. The number of aromatic nitrogens is 1. The molecule has 0 aliphatic rings. The van der Waals surface area contributed by atoms with Crippen LogP contribution in [0.2, 0.25) is 0 Å². The van der Waals surface area contributed by atoms with E-state index in [4.69, 9.17) is 14.2 Å². The van der Waals surface area contributed by atoms with Gasteiger partial charge in [0.15, 0.2) is 17.5 Å². The normalized spacial score (nSPS) is 10.7. The minimum atomic E-state index is -0.317. The average molecular weight is 552 g/mol. The Morgan fingerprint density at radius 1 is 1.06 bits per heavy atom. The maximum atomic E-state index is 13.0. The SMILES string of the molecule is CCOc1ccc(NC(=NC)NCc2ccnc(Oc3ccc(F)cc3)c2)cc1OC.I. The summed E-state index contributed by atoms with van der Waals surface area (Å²) in [6.07, 6.45) is 1.66. The second-order valence-corrected chi connectivity index (χ2v) is 6.41. The highest BCUT2D eigenvalue weighted by molar-refractivity contribution is 14.0. The summed E-state index contributed by atoms with van der Waals surface area (Å²) in [5, 5.41) is 6.47. The van der Waals surface area contributed by atoms with Crippen molar-refractivity contribution in [3.05, 3.63) is 72.2 Å². The molecule has 3 aromatic rings. The lowest BCUT2D eigenvalue weighted by atomic mass is 10.2. The Labute approximate surface area is 204 Å². The first-order valence-electron chi connectivity index (χ1n) is 9.78. The van der Waals surface area contributed by atoms with Crippen molar-refractivity contribution in [3.8, 4) is 23.1 Å². The van der Waals surface area contributed by atoms with Crippen LogP contribution in [-0.2, 0) is 6.54 Å². The van der Waals surface area contributed by atoms with Crippen LogP contribution < -0.4 is 24.8 Å². The van der Waals surface area contributed by atoms with E-state index in [-0.39, 0.29) is 29.8 Å². The molecule has 0 aliphatic carbocycles. The van der Waals surface area contributed by atoms with Gasteiger partial charge in [-0.05, 0) is 55.0 Å². The highest BCUT2D eigenvalue weighted by Crippen LogP contribution is 2.30. The van der Waals surface area contributed by atoms with Crippen molar-refractivity contribution in [2.75, 3.05) is 26.1 Å². The van der Waals surface area contributed by atoms with Crippen molar-refractivity contribution < 1.29 is 18.6 Å². The molecular formula is C23H26FIN4O3. The van der Waals surface area contributed by atoms with Crippen LogP contribution in [0.5, 0.6) is 23.1 Å². The molecule has 9 heteroatoms. The number of ether oxygens (including phenoxy) is 3. The van der Waals surface area contributed by atoms with Crippen molar-refractivity contribution in [2.24, 2.45) is 4.99 Å². The van der Waals surface area contributed by atoms with Gasteiger partial charge in [-0.2, -0.15) is 0 Å². The molecule has 32 heavy (non-hydrogen) atoms. The highest BCUT2D eigenvalue weighted by Gasteiger charge is 2.08. The van der Waals surface area contributed by atoms with Gasteiger partial charge < -0.3 is 24.8 Å². The molecule has 0 fully saturated rings. The van der Waals surface area contributed by atoms with Crippen LogP contribution >= 0.6 is 24.0 Å². The predicted octanol–water partition coefficient (Wildman–Crippen LogP) is 5.23. The molecule has 2 N–H and O–H groups in total. The van der Waals surface area contributed by atoms with Crippen molar-refractivity contribution in [1.29, 1.82) is 0 Å². The first-order valence-corrected chi connectivity index (χ1v) is 9.78. The van der Waals surface area contributed by atoms with E-state index in [9.17, 15) is 4.39 Å². The van der Waals surface area contributed by atoms with Crippen LogP contribution in [-0.4, -0.2) is 31.7 Å². The van der Waals surface area contributed by atoms with Gasteiger partial charge in [-0.25, -0.2) is 9.37 Å². The van der Waals surface area contributed by atoms with Crippen molar-refractivity contribution in [2.45, 2.75) is 13.5 Å². The van der Waals surface area contributed by atoms with Crippen LogP contribution in [0.1, 0.15) is 12.5 Å². The molecule has 0 aliphatic heterocycles. The number of anilines is 1. The molecular weight excluding hydrogens is 526 g/mol. The fourth-order valence-corrected chi connectivity index (χ4v) is 2.76. The van der Waals surface area contributed by atoms with Gasteiger partial charge in [0.2, 0.25) is 5.88 Å². The van der Waals surface area contributed by atoms with Crippen LogP contribution in [0.25, 0.3) is 0 Å². The standard InChI is InChI=1S/C23H25FN4O3.HI/c1-4-30-20-10-7-18(14-21(20)29-3)28-23(25-2)27-15-16-11-12-26-22(13-16)31-19-8-5-17(24)6-9-19;/h5-14H,4,15H2,1-3H3,(H2,25,27,28);1H. The smallest absolute Gasteiger partial charge is 0.219 e. The van der Waals surface area contributed by atoms with Gasteiger partial charge in [-0.1, -0.05) is 0 Å². The topological polar surface area (TPSA) is 77.0 Å². The first kappa shape index (κ1) is 25.2. The number of halogens is 2. The van der Waals surface area contributed by atoms with E-state index in [1.807, 2.05) is 37.3 Å². The van der Waals surface area contributed by atoms with Crippen LogP contribution in [0.15, 0.2) is 65.8 Å². The van der Waals surface area contributed by atoms with Crippen molar-refractivity contribution in [3.63, 3.8) is 0 Å². The van der Waals surface area contributed by atoms with Crippen LogP contribution in [0.3, 0.4) is 0 Å². The van der Waals surface area contributed by atoms with Crippen molar-refractivity contribution >= 4 is 35.6 Å². The van der Waals surface area contributed by atoms with Crippen molar-refractivity contribution in [1.82, 2.24) is 10.3 Å². The van der Waals surface area contributed by atoms with Gasteiger partial charge in [-0.15, -0.1) is 24.0 Å². The second kappa shape index (κ2) is 12.7. The molecule has 7 nitrogen and oxygen atoms in total. The maximum absolute atomic E-state index is 13.0. The number of rotatable bonds is 8. The zero-order valence-corrected chi connectivity index (χ0v) is 20.4. The number of nitrogens with one attached hydrogen (secondary N) is 2. The third-order valence-electron chi connectivity index (χ3n) is 4.25. The number of guanidine groups is 1. The third-order valence-corrected chi connectivity index (χ3v) is 4.25. The Morgan fingerprint density at radius 3 is 2.53 bits per heavy atom. The van der Waals surface area contributed by atoms with E-state index in [2.05, 4.69) is 20.6 Å². The molecule has 0 bridgehead atoms. The molecule has 0 atom stereocenters. The molecule has 0 spiro atoms. The number of benzene rings is 2. The Hall–Kier alpha value is -3.08. The fourth-order valence-electron chi connectivity index (χ4n) is 2.76. The Morgan fingerprint density at radius 2 is 1.84 bits per heavy atom. The zero-order chi connectivity index (χ0) is 22.1. The van der Waals surface area contributed by atoms with E-state index in [0.717, 1.165) is 11.3 Å². The van der Waals surface area contributed by atoms with Gasteiger partial charge in [0, 0.05) is 37.6 Å². The Kier molecular flexibility index (Phi) is 9.99. The third kappa shape index (κ3) is 7.26. The van der Waals surface area contributed by atoms with Gasteiger partial charge in [0.05, 0.1) is 13.7 Å². The Bertz CT molecular complexity index is 1030. The highest BCUT2D eigenvalue weighted by atomic mass is 127. The molecule has 3 rings (SSSR count). The second-order valence-electron chi connectivity index (χ2n) is 6.41. The number of hydrogen-bond donors (Lipinski definition) is 2. The molecule has 2 aromatic carbocycles. The lowest BCUT2D eigenvalue weighted by Crippen LogP contribution is -2.30. The van der Waals surface area contributed by atoms with E-state index in [1.165, 1.54) is 12.1 Å². The first-order chi connectivity index (χ1) is 15.1. The molecule has 1 aromatic heterocycles. The van der Waals surface area contributed by atoms with Crippen LogP contribution in [0, 0.1) is 5.82 Å². The summed E-state index contributed by atoms with van der Waals surface area (Å²) in [7, 11) is 3.29. The van der Waals surface area contributed by atoms with E-state index >= 15 is 0 Å². The van der Waals surface area contributed by atoms with Gasteiger partial charge in [0.1, 0.15) is 11.6 Å². The molecule has 0 saturated carbocycles. The number of aliphatic imine (C=N–C) groups is 1. The summed E-state index contributed by atoms with van der Waals surface area (Å²) >= 11 is 0. The monoisotopic (exact) mass is 552 g/mol. The summed E-state index contributed by atoms with van der Waals surface area (Å²) < 4.78 is 29.7. The zero-order valence-electron chi connectivity index (χ0n) is 18.1. The molecule has 1 heterocycles. The van der Waals surface area contributed by atoms with Crippen LogP contribution in [0.4, 0.5) is 10.1 Å². The number of hydrogen-bond acceptors (Lipinski definition) is 5. The van der Waals surface area contributed by atoms with E-state index in [1.54, 1.807) is 32.5 Å². The van der Waals surface area contributed by atoms with Gasteiger partial charge in [0.25, 0.3) is 0 Å². The predicted molar refractivity (Wildman–Crippen MR) is 134 cm³/mol. The lowest BCUT2D eigenvalue weighted by molar-refractivity contribution is 0.311. The summed E-state index contributed by atoms with van der Waals surface area (Å²) in [5.74, 6) is 2.53. The summed E-state index contributed by atoms with van der Waals surface area (Å²) in [5.41, 5.74) is 1.75. The minimum absolute atomic E-state index is 0. The number of pyridine rings is 1. The molecule has 0 unspecified atom stereocenters. The Balaban J connectivity index is 0.00000363.